The number of rotatable bonds is 9. The molecular weight excluding hydrogens is 312 g/mol. The summed E-state index contributed by atoms with van der Waals surface area (Å²) in [5.74, 6) is 0.213. The Morgan fingerprint density at radius 2 is 1.96 bits per heavy atom. The van der Waals surface area contributed by atoms with Crippen LogP contribution in [0.4, 0.5) is 5.69 Å². The van der Waals surface area contributed by atoms with Crippen molar-refractivity contribution < 1.29 is 13.2 Å². The summed E-state index contributed by atoms with van der Waals surface area (Å²) in [4.78, 5) is 12.5. The van der Waals surface area contributed by atoms with Gasteiger partial charge in [0.05, 0.1) is 17.5 Å². The Balaban J connectivity index is 2.84. The third kappa shape index (κ3) is 7.03. The van der Waals surface area contributed by atoms with E-state index in [-0.39, 0.29) is 5.91 Å². The molecule has 5 nitrogen and oxygen atoms in total. The minimum atomic E-state index is -3.42. The van der Waals surface area contributed by atoms with E-state index in [0.717, 1.165) is 37.5 Å². The lowest BCUT2D eigenvalue weighted by Crippen LogP contribution is -2.30. The first kappa shape index (κ1) is 19.5. The third-order valence-electron chi connectivity index (χ3n) is 3.81. The number of carbonyl (C=O) groups excluding carboxylic acids is 1. The molecule has 6 heteroatoms. The second-order valence-electron chi connectivity index (χ2n) is 6.05. The van der Waals surface area contributed by atoms with Gasteiger partial charge in [0.25, 0.3) is 5.91 Å². The molecule has 130 valence electrons. The van der Waals surface area contributed by atoms with E-state index in [4.69, 9.17) is 0 Å². The van der Waals surface area contributed by atoms with Gasteiger partial charge in [-0.3, -0.25) is 9.52 Å². The van der Waals surface area contributed by atoms with Crippen LogP contribution in [-0.4, -0.2) is 27.1 Å². The highest BCUT2D eigenvalue weighted by Crippen LogP contribution is 2.19. The second-order valence-corrected chi connectivity index (χ2v) is 7.80. The fourth-order valence-electron chi connectivity index (χ4n) is 2.41. The van der Waals surface area contributed by atoms with Crippen molar-refractivity contribution in [3.63, 3.8) is 0 Å². The zero-order chi connectivity index (χ0) is 17.5. The average Bonchev–Trinajstić information content (AvgIpc) is 2.47. The summed E-state index contributed by atoms with van der Waals surface area (Å²) in [6, 6.07) is 5.11. The number of anilines is 1. The number of hydrogen-bond donors (Lipinski definition) is 2. The highest BCUT2D eigenvalue weighted by Gasteiger charge is 2.15. The van der Waals surface area contributed by atoms with Crippen LogP contribution >= 0.6 is 0 Å². The lowest BCUT2D eigenvalue weighted by Gasteiger charge is -2.17. The van der Waals surface area contributed by atoms with Gasteiger partial charge in [-0.25, -0.2) is 8.42 Å². The van der Waals surface area contributed by atoms with E-state index >= 15 is 0 Å². The maximum absolute atomic E-state index is 12.5. The molecule has 0 saturated heterocycles. The van der Waals surface area contributed by atoms with E-state index in [9.17, 15) is 13.2 Å². The van der Waals surface area contributed by atoms with Crippen molar-refractivity contribution in [2.24, 2.45) is 5.92 Å². The van der Waals surface area contributed by atoms with Gasteiger partial charge in [0.2, 0.25) is 10.0 Å². The number of benzene rings is 1. The van der Waals surface area contributed by atoms with Crippen molar-refractivity contribution in [2.75, 3.05) is 17.5 Å². The Morgan fingerprint density at radius 1 is 1.26 bits per heavy atom. The van der Waals surface area contributed by atoms with Gasteiger partial charge < -0.3 is 5.32 Å². The predicted molar refractivity (Wildman–Crippen MR) is 95.3 cm³/mol. The molecule has 0 aromatic heterocycles. The van der Waals surface area contributed by atoms with Gasteiger partial charge in [-0.1, -0.05) is 44.7 Å². The maximum atomic E-state index is 12.5. The molecule has 2 N–H and O–H groups in total. The molecule has 23 heavy (non-hydrogen) atoms. The van der Waals surface area contributed by atoms with Gasteiger partial charge in [-0.05, 0) is 31.4 Å². The molecule has 1 rings (SSSR count). The monoisotopic (exact) mass is 340 g/mol. The first-order valence-corrected chi connectivity index (χ1v) is 10.0. The molecule has 0 saturated carbocycles. The highest BCUT2D eigenvalue weighted by atomic mass is 32.2. The predicted octanol–water partition coefficient (Wildman–Crippen LogP) is 3.31. The minimum Gasteiger partial charge on any atom is -0.352 e. The zero-order valence-electron chi connectivity index (χ0n) is 14.5. The molecular formula is C17H28N2O3S. The molecule has 1 aromatic carbocycles. The number of sulfonamides is 1. The fourth-order valence-corrected chi connectivity index (χ4v) is 2.99. The Kier molecular flexibility index (Phi) is 7.55. The van der Waals surface area contributed by atoms with Crippen molar-refractivity contribution >= 4 is 21.6 Å². The van der Waals surface area contributed by atoms with E-state index in [1.165, 1.54) is 0 Å². The SMILES string of the molecule is CCCCC(CC)CNC(=O)c1cc(C)ccc1NS(C)(=O)=O. The molecule has 0 bridgehead atoms. The molecule has 0 aliphatic heterocycles. The molecule has 0 heterocycles. The Labute approximate surface area is 139 Å². The summed E-state index contributed by atoms with van der Waals surface area (Å²) < 4.78 is 25.3. The Morgan fingerprint density at radius 3 is 2.52 bits per heavy atom. The first-order chi connectivity index (χ1) is 10.8. The number of amides is 1. The molecule has 0 spiro atoms. The molecule has 1 aromatic rings. The quantitative estimate of drug-likeness (QED) is 0.724. The van der Waals surface area contributed by atoms with Gasteiger partial charge in [-0.2, -0.15) is 0 Å². The van der Waals surface area contributed by atoms with Crippen LogP contribution < -0.4 is 10.0 Å². The van der Waals surface area contributed by atoms with Crippen molar-refractivity contribution in [1.29, 1.82) is 0 Å². The molecule has 0 radical (unpaired) electrons. The first-order valence-electron chi connectivity index (χ1n) is 8.13. The van der Waals surface area contributed by atoms with E-state index in [1.807, 2.05) is 6.92 Å². The summed E-state index contributed by atoms with van der Waals surface area (Å²) in [5.41, 5.74) is 1.59. The maximum Gasteiger partial charge on any atom is 0.253 e. The molecule has 1 atom stereocenters. The number of carbonyl (C=O) groups is 1. The van der Waals surface area contributed by atoms with Crippen molar-refractivity contribution in [1.82, 2.24) is 5.32 Å². The van der Waals surface area contributed by atoms with E-state index < -0.39 is 10.0 Å². The normalized spacial score (nSPS) is 12.7. The average molecular weight is 340 g/mol. The fraction of sp³-hybridized carbons (Fsp3) is 0.588. The number of hydrogen-bond acceptors (Lipinski definition) is 3. The lowest BCUT2D eigenvalue weighted by atomic mass is 9.99. The Hall–Kier alpha value is -1.56. The standard InChI is InChI=1S/C17H28N2O3S/c1-5-7-8-14(6-2)12-18-17(20)15-11-13(3)9-10-16(15)19-23(4,21)22/h9-11,14,19H,5-8,12H2,1-4H3,(H,18,20). The summed E-state index contributed by atoms with van der Waals surface area (Å²) >= 11 is 0. The smallest absolute Gasteiger partial charge is 0.253 e. The summed E-state index contributed by atoms with van der Waals surface area (Å²) in [6.07, 6.45) is 5.48. The van der Waals surface area contributed by atoms with Crippen LogP contribution in [0.15, 0.2) is 18.2 Å². The molecule has 0 aliphatic rings. The van der Waals surface area contributed by atoms with Crippen LogP contribution in [0.25, 0.3) is 0 Å². The largest absolute Gasteiger partial charge is 0.352 e. The zero-order valence-corrected chi connectivity index (χ0v) is 15.3. The summed E-state index contributed by atoms with van der Waals surface area (Å²) in [5, 5.41) is 2.94. The lowest BCUT2D eigenvalue weighted by molar-refractivity contribution is 0.0946. The second kappa shape index (κ2) is 8.91. The van der Waals surface area contributed by atoms with Gasteiger partial charge in [0.15, 0.2) is 0 Å². The minimum absolute atomic E-state index is 0.241. The van der Waals surface area contributed by atoms with Crippen LogP contribution in [0.2, 0.25) is 0 Å². The van der Waals surface area contributed by atoms with Crippen molar-refractivity contribution in [2.45, 2.75) is 46.5 Å². The van der Waals surface area contributed by atoms with E-state index in [2.05, 4.69) is 23.9 Å². The molecule has 0 aliphatic carbocycles. The summed E-state index contributed by atoms with van der Waals surface area (Å²) in [7, 11) is -3.42. The number of unbranched alkanes of at least 4 members (excludes halogenated alkanes) is 1. The Bertz CT molecular complexity index is 627. The molecule has 0 fully saturated rings. The highest BCUT2D eigenvalue weighted by molar-refractivity contribution is 7.92. The molecule has 1 unspecified atom stereocenters. The summed E-state index contributed by atoms with van der Waals surface area (Å²) in [6.45, 7) is 6.76. The van der Waals surface area contributed by atoms with Gasteiger partial charge in [0, 0.05) is 6.54 Å². The number of aryl methyl sites for hydroxylation is 1. The van der Waals surface area contributed by atoms with Crippen LogP contribution in [-0.2, 0) is 10.0 Å². The molecule has 1 amide bonds. The van der Waals surface area contributed by atoms with Gasteiger partial charge in [0.1, 0.15) is 0 Å². The van der Waals surface area contributed by atoms with Gasteiger partial charge in [-0.15, -0.1) is 0 Å². The number of nitrogens with one attached hydrogen (secondary N) is 2. The van der Waals surface area contributed by atoms with Crippen LogP contribution in [0.3, 0.4) is 0 Å². The van der Waals surface area contributed by atoms with Crippen molar-refractivity contribution in [3.05, 3.63) is 29.3 Å². The van der Waals surface area contributed by atoms with Crippen LogP contribution in [0.1, 0.15) is 55.5 Å². The van der Waals surface area contributed by atoms with Crippen LogP contribution in [0.5, 0.6) is 0 Å². The van der Waals surface area contributed by atoms with E-state index in [1.54, 1.807) is 18.2 Å². The topological polar surface area (TPSA) is 75.3 Å². The van der Waals surface area contributed by atoms with E-state index in [0.29, 0.717) is 23.7 Å². The third-order valence-corrected chi connectivity index (χ3v) is 4.40. The van der Waals surface area contributed by atoms with Crippen LogP contribution in [0, 0.1) is 12.8 Å². The van der Waals surface area contributed by atoms with Crippen molar-refractivity contribution in [3.8, 4) is 0 Å². The van der Waals surface area contributed by atoms with Gasteiger partial charge >= 0.3 is 0 Å².